The largest absolute Gasteiger partial charge is 0.497 e. The lowest BCUT2D eigenvalue weighted by molar-refractivity contribution is -0.117. The molecule has 1 fully saturated rings. The van der Waals surface area contributed by atoms with Crippen molar-refractivity contribution in [3.63, 3.8) is 0 Å². The summed E-state index contributed by atoms with van der Waals surface area (Å²) in [6.45, 7) is 0. The maximum absolute atomic E-state index is 11.8. The average molecular weight is 275 g/mol. The van der Waals surface area contributed by atoms with Crippen molar-refractivity contribution in [3.8, 4) is 5.75 Å². The number of aliphatic hydroxyl groups is 1. The van der Waals surface area contributed by atoms with Gasteiger partial charge in [0.2, 0.25) is 5.91 Å². The molecule has 0 bridgehead atoms. The molecule has 2 rings (SSSR count). The molecule has 1 amide bonds. The van der Waals surface area contributed by atoms with Crippen LogP contribution in [0.15, 0.2) is 30.3 Å². The predicted octanol–water partition coefficient (Wildman–Crippen LogP) is 2.13. The summed E-state index contributed by atoms with van der Waals surface area (Å²) in [5.74, 6) is 0.683. The molecular formula is C16H21NO3. The molecule has 4 heteroatoms. The Balaban J connectivity index is 1.85. The van der Waals surface area contributed by atoms with Gasteiger partial charge in [-0.2, -0.15) is 0 Å². The van der Waals surface area contributed by atoms with E-state index in [0.717, 1.165) is 37.0 Å². The third-order valence-corrected chi connectivity index (χ3v) is 3.56. The molecule has 1 aliphatic rings. The van der Waals surface area contributed by atoms with E-state index >= 15 is 0 Å². The van der Waals surface area contributed by atoms with E-state index in [1.807, 2.05) is 24.3 Å². The van der Waals surface area contributed by atoms with Crippen molar-refractivity contribution in [2.24, 2.45) is 0 Å². The third kappa shape index (κ3) is 4.38. The Morgan fingerprint density at radius 3 is 2.80 bits per heavy atom. The lowest BCUT2D eigenvalue weighted by atomic mass is 9.93. The lowest BCUT2D eigenvalue weighted by Crippen LogP contribution is -2.37. The number of carbonyl (C=O) groups is 1. The maximum Gasteiger partial charge on any atom is 0.244 e. The van der Waals surface area contributed by atoms with Gasteiger partial charge in [0.25, 0.3) is 0 Å². The normalized spacial score (nSPS) is 22.7. The van der Waals surface area contributed by atoms with Gasteiger partial charge in [0.1, 0.15) is 5.75 Å². The molecule has 0 atom stereocenters. The summed E-state index contributed by atoms with van der Waals surface area (Å²) in [7, 11) is 1.62. The second-order valence-corrected chi connectivity index (χ2v) is 5.12. The highest BCUT2D eigenvalue weighted by molar-refractivity contribution is 5.91. The molecule has 0 aromatic heterocycles. The van der Waals surface area contributed by atoms with Gasteiger partial charge in [0.05, 0.1) is 13.2 Å². The van der Waals surface area contributed by atoms with Gasteiger partial charge in [-0.05, 0) is 49.5 Å². The third-order valence-electron chi connectivity index (χ3n) is 3.56. The van der Waals surface area contributed by atoms with Gasteiger partial charge in [0, 0.05) is 12.1 Å². The minimum Gasteiger partial charge on any atom is -0.497 e. The summed E-state index contributed by atoms with van der Waals surface area (Å²) >= 11 is 0. The second-order valence-electron chi connectivity index (χ2n) is 5.12. The molecule has 2 N–H and O–H groups in total. The second kappa shape index (κ2) is 7.10. The van der Waals surface area contributed by atoms with Crippen LogP contribution in [-0.4, -0.2) is 30.3 Å². The Kier molecular flexibility index (Phi) is 5.18. The van der Waals surface area contributed by atoms with Crippen molar-refractivity contribution >= 4 is 12.0 Å². The molecule has 0 heterocycles. The quantitative estimate of drug-likeness (QED) is 0.828. The first-order valence-electron chi connectivity index (χ1n) is 6.98. The van der Waals surface area contributed by atoms with E-state index in [-0.39, 0.29) is 18.1 Å². The molecular weight excluding hydrogens is 254 g/mol. The van der Waals surface area contributed by atoms with Crippen molar-refractivity contribution in [2.45, 2.75) is 37.8 Å². The van der Waals surface area contributed by atoms with Crippen LogP contribution in [-0.2, 0) is 4.79 Å². The van der Waals surface area contributed by atoms with Crippen LogP contribution < -0.4 is 10.1 Å². The van der Waals surface area contributed by atoms with Crippen molar-refractivity contribution < 1.29 is 14.6 Å². The van der Waals surface area contributed by atoms with E-state index in [1.165, 1.54) is 0 Å². The summed E-state index contributed by atoms with van der Waals surface area (Å²) in [6.07, 6.45) is 6.35. The fourth-order valence-corrected chi connectivity index (χ4v) is 2.39. The molecule has 0 saturated heterocycles. The highest BCUT2D eigenvalue weighted by Gasteiger charge is 2.19. The summed E-state index contributed by atoms with van der Waals surface area (Å²) in [5.41, 5.74) is 0.929. The Morgan fingerprint density at radius 1 is 1.35 bits per heavy atom. The number of methoxy groups -OCH3 is 1. The number of hydrogen-bond donors (Lipinski definition) is 2. The molecule has 1 saturated carbocycles. The Labute approximate surface area is 119 Å². The highest BCUT2D eigenvalue weighted by Crippen LogP contribution is 2.18. The zero-order chi connectivity index (χ0) is 14.4. The molecule has 1 aromatic rings. The summed E-state index contributed by atoms with van der Waals surface area (Å²) in [5, 5.41) is 12.4. The van der Waals surface area contributed by atoms with Crippen LogP contribution in [0.5, 0.6) is 5.75 Å². The minimum atomic E-state index is -0.199. The number of aliphatic hydroxyl groups excluding tert-OH is 1. The van der Waals surface area contributed by atoms with Gasteiger partial charge in [0.15, 0.2) is 0 Å². The number of nitrogens with one attached hydrogen (secondary N) is 1. The topological polar surface area (TPSA) is 58.6 Å². The van der Waals surface area contributed by atoms with Crippen LogP contribution in [0.1, 0.15) is 31.2 Å². The molecule has 1 aliphatic carbocycles. The Bertz CT molecular complexity index is 476. The van der Waals surface area contributed by atoms with Crippen molar-refractivity contribution in [1.29, 1.82) is 0 Å². The van der Waals surface area contributed by atoms with Gasteiger partial charge in [-0.15, -0.1) is 0 Å². The number of rotatable bonds is 4. The number of ether oxygens (including phenoxy) is 1. The first kappa shape index (κ1) is 14.6. The summed E-state index contributed by atoms with van der Waals surface area (Å²) in [6, 6.07) is 7.73. The molecule has 108 valence electrons. The molecule has 1 aromatic carbocycles. The number of benzene rings is 1. The monoisotopic (exact) mass is 275 g/mol. The molecule has 0 aliphatic heterocycles. The molecule has 20 heavy (non-hydrogen) atoms. The van der Waals surface area contributed by atoms with Crippen LogP contribution in [0.4, 0.5) is 0 Å². The van der Waals surface area contributed by atoms with E-state index in [2.05, 4.69) is 5.32 Å². The van der Waals surface area contributed by atoms with Gasteiger partial charge in [-0.3, -0.25) is 4.79 Å². The van der Waals surface area contributed by atoms with Gasteiger partial charge >= 0.3 is 0 Å². The van der Waals surface area contributed by atoms with Crippen LogP contribution in [0, 0.1) is 0 Å². The van der Waals surface area contributed by atoms with E-state index in [0.29, 0.717) is 0 Å². The zero-order valence-electron chi connectivity index (χ0n) is 11.7. The number of amides is 1. The van der Waals surface area contributed by atoms with E-state index in [4.69, 9.17) is 4.74 Å². The zero-order valence-corrected chi connectivity index (χ0v) is 11.7. The number of carbonyl (C=O) groups excluding carboxylic acids is 1. The number of hydrogen-bond acceptors (Lipinski definition) is 3. The van der Waals surface area contributed by atoms with Crippen LogP contribution >= 0.6 is 0 Å². The fraction of sp³-hybridized carbons (Fsp3) is 0.438. The Hall–Kier alpha value is -1.81. The molecule has 0 spiro atoms. The lowest BCUT2D eigenvalue weighted by Gasteiger charge is -2.25. The van der Waals surface area contributed by atoms with Gasteiger partial charge in [-0.1, -0.05) is 12.1 Å². The van der Waals surface area contributed by atoms with Crippen LogP contribution in [0.3, 0.4) is 0 Å². The van der Waals surface area contributed by atoms with Crippen LogP contribution in [0.25, 0.3) is 6.08 Å². The van der Waals surface area contributed by atoms with Crippen molar-refractivity contribution in [3.05, 3.63) is 35.9 Å². The SMILES string of the molecule is COc1cccc(C=CC(=O)NC2CCC(O)CC2)c1. The fourth-order valence-electron chi connectivity index (χ4n) is 2.39. The molecule has 0 radical (unpaired) electrons. The standard InChI is InChI=1S/C16H21NO3/c1-20-15-4-2-3-12(11-15)5-10-16(19)17-13-6-8-14(18)9-7-13/h2-5,10-11,13-14,18H,6-9H2,1H3,(H,17,19). The minimum absolute atomic E-state index is 0.0887. The first-order valence-corrected chi connectivity index (χ1v) is 6.98. The van der Waals surface area contributed by atoms with Gasteiger partial charge in [-0.25, -0.2) is 0 Å². The maximum atomic E-state index is 11.8. The van der Waals surface area contributed by atoms with Crippen molar-refractivity contribution in [1.82, 2.24) is 5.32 Å². The van der Waals surface area contributed by atoms with E-state index in [9.17, 15) is 9.90 Å². The summed E-state index contributed by atoms with van der Waals surface area (Å²) in [4.78, 5) is 11.8. The smallest absolute Gasteiger partial charge is 0.244 e. The van der Waals surface area contributed by atoms with E-state index < -0.39 is 0 Å². The van der Waals surface area contributed by atoms with Gasteiger partial charge < -0.3 is 15.2 Å². The first-order chi connectivity index (χ1) is 9.67. The highest BCUT2D eigenvalue weighted by atomic mass is 16.5. The summed E-state index contributed by atoms with van der Waals surface area (Å²) < 4.78 is 5.14. The Morgan fingerprint density at radius 2 is 2.10 bits per heavy atom. The molecule has 4 nitrogen and oxygen atoms in total. The van der Waals surface area contributed by atoms with E-state index in [1.54, 1.807) is 19.3 Å². The molecule has 0 unspecified atom stereocenters. The predicted molar refractivity (Wildman–Crippen MR) is 78.4 cm³/mol. The van der Waals surface area contributed by atoms with Crippen LogP contribution in [0.2, 0.25) is 0 Å². The average Bonchev–Trinajstić information content (AvgIpc) is 2.48. The van der Waals surface area contributed by atoms with Crippen molar-refractivity contribution in [2.75, 3.05) is 7.11 Å².